The van der Waals surface area contributed by atoms with E-state index in [4.69, 9.17) is 25.1 Å². The molecule has 3 aromatic rings. The minimum absolute atomic E-state index is 0.0311. The van der Waals surface area contributed by atoms with E-state index in [2.05, 4.69) is 76.2 Å². The molecule has 0 amide bonds. The summed E-state index contributed by atoms with van der Waals surface area (Å²) in [6, 6.07) is 30.2. The Morgan fingerprint density at radius 3 is 1.63 bits per heavy atom. The Bertz CT molecular complexity index is 1200. The maximum absolute atomic E-state index is 11.7. The van der Waals surface area contributed by atoms with Gasteiger partial charge in [-0.25, -0.2) is 0 Å². The maximum Gasteiger partial charge on any atom is 0.193 e. The van der Waals surface area contributed by atoms with Crippen molar-refractivity contribution in [1.82, 2.24) is 0 Å². The van der Waals surface area contributed by atoms with Crippen LogP contribution in [0.15, 0.2) is 91.0 Å². The van der Waals surface area contributed by atoms with E-state index < -0.39 is 44.1 Å². The summed E-state index contributed by atoms with van der Waals surface area (Å²) >= 11 is 0. The minimum Gasteiger partial charge on any atom is -0.401 e. The van der Waals surface area contributed by atoms with Crippen molar-refractivity contribution in [2.24, 2.45) is 0 Å². The molecule has 0 saturated carbocycles. The van der Waals surface area contributed by atoms with Crippen LogP contribution in [0.1, 0.15) is 51.3 Å². The van der Waals surface area contributed by atoms with Gasteiger partial charge in [-0.15, -0.1) is 6.42 Å². The van der Waals surface area contributed by atoms with Crippen LogP contribution in [0.4, 0.5) is 0 Å². The fourth-order valence-corrected chi connectivity index (χ4v) is 6.30. The molecule has 4 atom stereocenters. The second kappa shape index (κ2) is 12.2. The lowest BCUT2D eigenvalue weighted by atomic mass is 9.80. The molecule has 1 aliphatic rings. The summed E-state index contributed by atoms with van der Waals surface area (Å²) in [5.41, 5.74) is 1.88. The van der Waals surface area contributed by atoms with Gasteiger partial charge < -0.3 is 23.7 Å². The van der Waals surface area contributed by atoms with Gasteiger partial charge in [0.1, 0.15) is 30.0 Å². The van der Waals surface area contributed by atoms with Crippen LogP contribution in [-0.2, 0) is 24.2 Å². The summed E-state index contributed by atoms with van der Waals surface area (Å²) in [5.74, 6) is 1.85. The zero-order valence-electron chi connectivity index (χ0n) is 25.3. The van der Waals surface area contributed by atoms with Crippen molar-refractivity contribution >= 4 is 8.32 Å². The van der Waals surface area contributed by atoms with Crippen LogP contribution in [0, 0.1) is 12.3 Å². The number of hydrogen-bond donors (Lipinski definition) is 1. The maximum atomic E-state index is 11.7. The minimum atomic E-state index is -2.24. The first-order valence-corrected chi connectivity index (χ1v) is 17.2. The van der Waals surface area contributed by atoms with Gasteiger partial charge in [0.2, 0.25) is 0 Å². The van der Waals surface area contributed by atoms with E-state index in [9.17, 15) is 5.11 Å². The van der Waals surface area contributed by atoms with Crippen LogP contribution in [-0.4, -0.2) is 50.2 Å². The third-order valence-corrected chi connectivity index (χ3v) is 12.7. The molecule has 1 aliphatic heterocycles. The highest BCUT2D eigenvalue weighted by Crippen LogP contribution is 2.42. The van der Waals surface area contributed by atoms with Crippen molar-refractivity contribution in [3.05, 3.63) is 108 Å². The smallest absolute Gasteiger partial charge is 0.193 e. The summed E-state index contributed by atoms with van der Waals surface area (Å²) < 4.78 is 26.1. The third kappa shape index (κ3) is 6.67. The standard InChI is InChI=1S/C35H44O5Si/c1-9-30(40-41(7,8)33(2,3)4)32-31(38-34(5,6)39-32)29(36)25-37-35(26-19-13-10-14-20-26,27-21-15-11-16-22-27)28-23-17-12-18-24-28/h1,10-24,29-32,36H,25H2,2-8H3/t29?,30?,31-,32+/m1/s1. The molecule has 1 saturated heterocycles. The summed E-state index contributed by atoms with van der Waals surface area (Å²) in [4.78, 5) is 0. The first kappa shape index (κ1) is 31.2. The topological polar surface area (TPSA) is 57.2 Å². The molecule has 0 aromatic heterocycles. The molecule has 2 unspecified atom stereocenters. The van der Waals surface area contributed by atoms with Crippen molar-refractivity contribution < 1.29 is 23.7 Å². The van der Waals surface area contributed by atoms with Gasteiger partial charge >= 0.3 is 0 Å². The molecule has 4 rings (SSSR count). The predicted octanol–water partition coefficient (Wildman–Crippen LogP) is 6.90. The van der Waals surface area contributed by atoms with Crippen LogP contribution >= 0.6 is 0 Å². The van der Waals surface area contributed by atoms with Crippen molar-refractivity contribution in [3.63, 3.8) is 0 Å². The lowest BCUT2D eigenvalue weighted by molar-refractivity contribution is -0.163. The Morgan fingerprint density at radius 1 is 0.829 bits per heavy atom. The quantitative estimate of drug-likeness (QED) is 0.163. The Hall–Kier alpha value is -2.76. The van der Waals surface area contributed by atoms with Gasteiger partial charge in [0.25, 0.3) is 0 Å². The van der Waals surface area contributed by atoms with E-state index in [1.165, 1.54) is 0 Å². The molecule has 218 valence electrons. The molecule has 0 aliphatic carbocycles. The Morgan fingerprint density at radius 2 is 1.24 bits per heavy atom. The van der Waals surface area contributed by atoms with Crippen molar-refractivity contribution in [1.29, 1.82) is 0 Å². The highest BCUT2D eigenvalue weighted by molar-refractivity contribution is 6.74. The molecule has 1 heterocycles. The molecular weight excluding hydrogens is 528 g/mol. The first-order chi connectivity index (χ1) is 19.3. The second-order valence-corrected chi connectivity index (χ2v) is 17.4. The molecule has 0 spiro atoms. The molecule has 41 heavy (non-hydrogen) atoms. The van der Waals surface area contributed by atoms with Gasteiger partial charge in [-0.1, -0.05) is 118 Å². The van der Waals surface area contributed by atoms with Gasteiger partial charge in [-0.3, -0.25) is 0 Å². The lowest BCUT2D eigenvalue weighted by Crippen LogP contribution is -2.51. The normalized spacial score (nSPS) is 20.8. The lowest BCUT2D eigenvalue weighted by Gasteiger charge is -2.40. The number of ether oxygens (including phenoxy) is 3. The molecule has 3 aromatic carbocycles. The van der Waals surface area contributed by atoms with Crippen molar-refractivity contribution in [3.8, 4) is 12.3 Å². The number of hydrogen-bond acceptors (Lipinski definition) is 5. The highest BCUT2D eigenvalue weighted by Gasteiger charge is 2.51. The third-order valence-electron chi connectivity index (χ3n) is 8.24. The predicted molar refractivity (Wildman–Crippen MR) is 166 cm³/mol. The number of rotatable bonds is 10. The molecular formula is C35H44O5Si. The molecule has 0 bridgehead atoms. The van der Waals surface area contributed by atoms with E-state index in [1.807, 2.05) is 68.4 Å². The molecule has 0 radical (unpaired) electrons. The second-order valence-electron chi connectivity index (χ2n) is 12.7. The Labute approximate surface area is 246 Å². The SMILES string of the molecule is C#CC(O[Si](C)(C)C(C)(C)C)[C@@H]1OC(C)(C)O[C@@H]1C(O)COC(c1ccccc1)(c1ccccc1)c1ccccc1. The monoisotopic (exact) mass is 572 g/mol. The zero-order chi connectivity index (χ0) is 29.9. The molecule has 1 fully saturated rings. The Balaban J connectivity index is 1.69. The number of terminal acetylenes is 1. The number of aliphatic hydroxyl groups is 1. The van der Waals surface area contributed by atoms with Crippen molar-refractivity contribution in [2.75, 3.05) is 6.61 Å². The van der Waals surface area contributed by atoms with Gasteiger partial charge in [-0.05, 0) is 48.7 Å². The van der Waals surface area contributed by atoms with Crippen LogP contribution in [0.3, 0.4) is 0 Å². The zero-order valence-corrected chi connectivity index (χ0v) is 26.3. The summed E-state index contributed by atoms with van der Waals surface area (Å²) in [7, 11) is -2.24. The highest BCUT2D eigenvalue weighted by atomic mass is 28.4. The fourth-order valence-electron chi connectivity index (χ4n) is 5.11. The summed E-state index contributed by atoms with van der Waals surface area (Å²) in [5, 5.41) is 11.7. The van der Waals surface area contributed by atoms with E-state index in [0.29, 0.717) is 0 Å². The molecule has 6 heteroatoms. The van der Waals surface area contributed by atoms with E-state index in [0.717, 1.165) is 16.7 Å². The van der Waals surface area contributed by atoms with Gasteiger partial charge in [0, 0.05) is 0 Å². The number of benzene rings is 3. The van der Waals surface area contributed by atoms with Gasteiger partial charge in [-0.2, -0.15) is 0 Å². The fraction of sp³-hybridized carbons (Fsp3) is 0.429. The Kier molecular flexibility index (Phi) is 9.30. The van der Waals surface area contributed by atoms with Crippen LogP contribution in [0.5, 0.6) is 0 Å². The number of aliphatic hydroxyl groups excluding tert-OH is 1. The average Bonchev–Trinajstić information content (AvgIpc) is 3.28. The summed E-state index contributed by atoms with van der Waals surface area (Å²) in [6.45, 7) is 14.4. The van der Waals surface area contributed by atoms with E-state index in [-0.39, 0.29) is 11.6 Å². The van der Waals surface area contributed by atoms with E-state index >= 15 is 0 Å². The first-order valence-electron chi connectivity index (χ1n) is 14.3. The van der Waals surface area contributed by atoms with Gasteiger partial charge in [0.05, 0.1) is 6.61 Å². The summed E-state index contributed by atoms with van der Waals surface area (Å²) in [6.07, 6.45) is 2.88. The van der Waals surface area contributed by atoms with Crippen LogP contribution in [0.2, 0.25) is 18.1 Å². The van der Waals surface area contributed by atoms with E-state index in [1.54, 1.807) is 0 Å². The largest absolute Gasteiger partial charge is 0.401 e. The van der Waals surface area contributed by atoms with Crippen molar-refractivity contribution in [2.45, 2.75) is 88.6 Å². The van der Waals surface area contributed by atoms with Crippen LogP contribution in [0.25, 0.3) is 0 Å². The molecule has 1 N–H and O–H groups in total. The molecule has 5 nitrogen and oxygen atoms in total. The average molecular weight is 573 g/mol. The van der Waals surface area contributed by atoms with Crippen LogP contribution < -0.4 is 0 Å². The van der Waals surface area contributed by atoms with Gasteiger partial charge in [0.15, 0.2) is 14.1 Å².